The van der Waals surface area contributed by atoms with Gasteiger partial charge in [0.1, 0.15) is 0 Å². The number of aromatic nitrogens is 1. The van der Waals surface area contributed by atoms with E-state index in [9.17, 15) is 0 Å². The molecule has 1 saturated heterocycles. The zero-order valence-electron chi connectivity index (χ0n) is 8.52. The molecule has 1 aliphatic rings. The zero-order chi connectivity index (χ0) is 10.3. The number of hydrogen-bond donors (Lipinski definition) is 0. The highest BCUT2D eigenvalue weighted by Gasteiger charge is 2.21. The van der Waals surface area contributed by atoms with E-state index >= 15 is 0 Å². The minimum absolute atomic E-state index is 0.567. The predicted molar refractivity (Wildman–Crippen MR) is 65.3 cm³/mol. The summed E-state index contributed by atoms with van der Waals surface area (Å²) in [5.74, 6) is 0.567. The summed E-state index contributed by atoms with van der Waals surface area (Å²) in [5, 5.41) is 1.15. The van der Waals surface area contributed by atoms with E-state index in [4.69, 9.17) is 0 Å². The molecule has 3 heteroatoms. The molecule has 1 fully saturated rings. The molecule has 0 unspecified atom stereocenters. The maximum Gasteiger partial charge on any atom is 0.186 e. The summed E-state index contributed by atoms with van der Waals surface area (Å²) in [5.41, 5.74) is 1.12. The van der Waals surface area contributed by atoms with Gasteiger partial charge in [-0.1, -0.05) is 23.5 Å². The van der Waals surface area contributed by atoms with Crippen molar-refractivity contribution >= 4 is 26.7 Å². The van der Waals surface area contributed by atoms with Gasteiger partial charge in [-0.15, -0.1) is 0 Å². The maximum absolute atomic E-state index is 4.65. The van der Waals surface area contributed by atoms with Crippen molar-refractivity contribution in [1.82, 2.24) is 4.98 Å². The average molecular weight is 217 g/mol. The van der Waals surface area contributed by atoms with Crippen LogP contribution in [0.4, 0.5) is 5.13 Å². The number of rotatable bonds is 1. The number of hydrogen-bond acceptors (Lipinski definition) is 3. The molecular formula is C12H13N2S. The Morgan fingerprint density at radius 1 is 1.40 bits per heavy atom. The minimum atomic E-state index is 0.567. The molecule has 0 saturated carbocycles. The number of nitrogens with zero attached hydrogens (tertiary/aromatic N) is 2. The molecule has 3 rings (SSSR count). The molecule has 0 aliphatic carbocycles. The van der Waals surface area contributed by atoms with Crippen LogP contribution in [0.1, 0.15) is 6.42 Å². The highest BCUT2D eigenvalue weighted by atomic mass is 32.1. The Bertz CT molecular complexity index is 444. The predicted octanol–water partition coefficient (Wildman–Crippen LogP) is 2.96. The van der Waals surface area contributed by atoms with Crippen LogP contribution in [0.2, 0.25) is 0 Å². The van der Waals surface area contributed by atoms with E-state index in [1.54, 1.807) is 11.3 Å². The quantitative estimate of drug-likeness (QED) is 0.730. The van der Waals surface area contributed by atoms with E-state index in [0.717, 1.165) is 23.7 Å². The van der Waals surface area contributed by atoms with E-state index in [0.29, 0.717) is 5.92 Å². The lowest BCUT2D eigenvalue weighted by Crippen LogP contribution is -2.18. The van der Waals surface area contributed by atoms with Crippen LogP contribution in [0, 0.1) is 12.8 Å². The summed E-state index contributed by atoms with van der Waals surface area (Å²) >= 11 is 1.78. The van der Waals surface area contributed by atoms with Gasteiger partial charge < -0.3 is 4.90 Å². The van der Waals surface area contributed by atoms with Crippen LogP contribution in [0.3, 0.4) is 0 Å². The number of anilines is 1. The van der Waals surface area contributed by atoms with E-state index < -0.39 is 0 Å². The van der Waals surface area contributed by atoms with E-state index in [1.807, 2.05) is 6.07 Å². The molecule has 0 bridgehead atoms. The Balaban J connectivity index is 1.98. The molecule has 2 aromatic rings. The van der Waals surface area contributed by atoms with Crippen molar-refractivity contribution < 1.29 is 0 Å². The third-order valence-electron chi connectivity index (χ3n) is 2.84. The summed E-state index contributed by atoms with van der Waals surface area (Å²) in [4.78, 5) is 7.00. The second-order valence-corrected chi connectivity index (χ2v) is 5.07. The van der Waals surface area contributed by atoms with Gasteiger partial charge in [0, 0.05) is 13.1 Å². The first kappa shape index (κ1) is 9.16. The first-order valence-electron chi connectivity index (χ1n) is 5.26. The van der Waals surface area contributed by atoms with Gasteiger partial charge in [0.15, 0.2) is 5.13 Å². The molecule has 0 amide bonds. The van der Waals surface area contributed by atoms with Gasteiger partial charge >= 0.3 is 0 Å². The van der Waals surface area contributed by atoms with Gasteiger partial charge in [-0.3, -0.25) is 0 Å². The maximum atomic E-state index is 4.65. The average Bonchev–Trinajstić information content (AvgIpc) is 2.82. The SMILES string of the molecule is [CH2][C@@H]1CCN(c2nc3ccccc3s2)C1. The van der Waals surface area contributed by atoms with Crippen molar-refractivity contribution in [2.75, 3.05) is 18.0 Å². The van der Waals surface area contributed by atoms with Crippen LogP contribution in [-0.2, 0) is 0 Å². The summed E-state index contributed by atoms with van der Waals surface area (Å²) in [6.07, 6.45) is 1.19. The summed E-state index contributed by atoms with van der Waals surface area (Å²) < 4.78 is 1.28. The lowest BCUT2D eigenvalue weighted by Gasteiger charge is -2.12. The highest BCUT2D eigenvalue weighted by Crippen LogP contribution is 2.31. The third kappa shape index (κ3) is 1.61. The number of benzene rings is 1. The largest absolute Gasteiger partial charge is 0.348 e. The Morgan fingerprint density at radius 2 is 2.27 bits per heavy atom. The molecule has 1 atom stereocenters. The van der Waals surface area contributed by atoms with Gasteiger partial charge in [-0.2, -0.15) is 0 Å². The van der Waals surface area contributed by atoms with Gasteiger partial charge in [0.2, 0.25) is 0 Å². The standard InChI is InChI=1S/C12H13N2S/c1-9-6-7-14(8-9)12-13-10-4-2-3-5-11(10)15-12/h2-5,9H,1,6-8H2/t9-/m1/s1. The number of para-hydroxylation sites is 1. The second kappa shape index (κ2) is 3.49. The Hall–Kier alpha value is -1.09. The Kier molecular flexibility index (Phi) is 2.13. The van der Waals surface area contributed by atoms with Gasteiger partial charge in [0.25, 0.3) is 0 Å². The van der Waals surface area contributed by atoms with Gasteiger partial charge in [0.05, 0.1) is 10.2 Å². The highest BCUT2D eigenvalue weighted by molar-refractivity contribution is 7.22. The first-order chi connectivity index (χ1) is 7.33. The third-order valence-corrected chi connectivity index (χ3v) is 3.94. The van der Waals surface area contributed by atoms with Crippen LogP contribution in [-0.4, -0.2) is 18.1 Å². The topological polar surface area (TPSA) is 16.1 Å². The van der Waals surface area contributed by atoms with Crippen LogP contribution in [0.25, 0.3) is 10.2 Å². The molecule has 0 N–H and O–H groups in total. The minimum Gasteiger partial charge on any atom is -0.348 e. The van der Waals surface area contributed by atoms with E-state index in [1.165, 1.54) is 11.1 Å². The molecule has 2 nitrogen and oxygen atoms in total. The smallest absolute Gasteiger partial charge is 0.186 e. The number of thiazole rings is 1. The van der Waals surface area contributed by atoms with Crippen LogP contribution >= 0.6 is 11.3 Å². The normalized spacial score (nSPS) is 21.4. The fourth-order valence-corrected chi connectivity index (χ4v) is 3.00. The van der Waals surface area contributed by atoms with Crippen LogP contribution in [0.15, 0.2) is 24.3 Å². The van der Waals surface area contributed by atoms with Crippen molar-refractivity contribution in [1.29, 1.82) is 0 Å². The Morgan fingerprint density at radius 3 is 3.00 bits per heavy atom. The van der Waals surface area contributed by atoms with Crippen LogP contribution in [0.5, 0.6) is 0 Å². The first-order valence-corrected chi connectivity index (χ1v) is 6.08. The van der Waals surface area contributed by atoms with Gasteiger partial charge in [-0.05, 0) is 31.4 Å². The van der Waals surface area contributed by atoms with Gasteiger partial charge in [-0.25, -0.2) is 4.98 Å². The molecule has 1 aromatic carbocycles. The summed E-state index contributed by atoms with van der Waals surface area (Å²) in [6, 6.07) is 8.32. The molecule has 77 valence electrons. The second-order valence-electron chi connectivity index (χ2n) is 4.06. The fourth-order valence-electron chi connectivity index (χ4n) is 2.00. The monoisotopic (exact) mass is 217 g/mol. The van der Waals surface area contributed by atoms with Crippen LogP contribution < -0.4 is 4.90 Å². The molecule has 0 spiro atoms. The summed E-state index contributed by atoms with van der Waals surface area (Å²) in [6.45, 7) is 6.26. The van der Waals surface area contributed by atoms with Crippen molar-refractivity contribution in [3.8, 4) is 0 Å². The zero-order valence-corrected chi connectivity index (χ0v) is 9.33. The number of fused-ring (bicyclic) bond motifs is 1. The molecular weight excluding hydrogens is 204 g/mol. The molecule has 1 aliphatic heterocycles. The summed E-state index contributed by atoms with van der Waals surface area (Å²) in [7, 11) is 0. The molecule has 15 heavy (non-hydrogen) atoms. The molecule has 1 radical (unpaired) electrons. The van der Waals surface area contributed by atoms with E-state index in [2.05, 4.69) is 35.0 Å². The van der Waals surface area contributed by atoms with Crippen molar-refractivity contribution in [2.24, 2.45) is 5.92 Å². The lowest BCUT2D eigenvalue weighted by atomic mass is 10.2. The Labute approximate surface area is 93.6 Å². The van der Waals surface area contributed by atoms with Crippen molar-refractivity contribution in [3.63, 3.8) is 0 Å². The fraction of sp³-hybridized carbons (Fsp3) is 0.333. The van der Waals surface area contributed by atoms with Crippen molar-refractivity contribution in [3.05, 3.63) is 31.2 Å². The molecule has 2 heterocycles. The molecule has 1 aromatic heterocycles. The van der Waals surface area contributed by atoms with E-state index in [-0.39, 0.29) is 0 Å². The lowest BCUT2D eigenvalue weighted by molar-refractivity contribution is 0.734. The van der Waals surface area contributed by atoms with Crippen molar-refractivity contribution in [2.45, 2.75) is 6.42 Å².